The predicted molar refractivity (Wildman–Crippen MR) is 89.6 cm³/mol. The Morgan fingerprint density at radius 3 is 2.67 bits per heavy atom. The van der Waals surface area contributed by atoms with E-state index in [4.69, 9.17) is 4.74 Å². The maximum atomic E-state index is 12.4. The molecule has 0 aromatic heterocycles. The molecule has 0 atom stereocenters. The molecule has 0 heterocycles. The molecule has 0 aliphatic carbocycles. The van der Waals surface area contributed by atoms with Crippen LogP contribution in [0.2, 0.25) is 0 Å². The van der Waals surface area contributed by atoms with Gasteiger partial charge >= 0.3 is 0 Å². The van der Waals surface area contributed by atoms with Crippen molar-refractivity contribution in [2.24, 2.45) is 0 Å². The molecular weight excluding hydrogens is 381 g/mol. The number of ether oxygens (including phenoxy) is 1. The zero-order chi connectivity index (χ0) is 15.4. The van der Waals surface area contributed by atoms with Crippen molar-refractivity contribution in [3.63, 3.8) is 0 Å². The molecule has 2 aromatic carbocycles. The van der Waals surface area contributed by atoms with Gasteiger partial charge in [-0.3, -0.25) is 4.79 Å². The number of aromatic hydroxyl groups is 1. The van der Waals surface area contributed by atoms with Gasteiger partial charge in [-0.2, -0.15) is 0 Å². The Bertz CT molecular complexity index is 658. The van der Waals surface area contributed by atoms with Crippen molar-refractivity contribution in [1.82, 2.24) is 4.90 Å². The largest absolute Gasteiger partial charge is 0.507 e. The van der Waals surface area contributed by atoms with Crippen LogP contribution in [0.5, 0.6) is 11.5 Å². The second kappa shape index (κ2) is 6.80. The monoisotopic (exact) mass is 397 g/mol. The third-order valence-electron chi connectivity index (χ3n) is 3.14. The fraction of sp³-hybridized carbons (Fsp3) is 0.188. The molecule has 1 amide bonds. The van der Waals surface area contributed by atoms with Crippen molar-refractivity contribution in [2.45, 2.75) is 6.54 Å². The van der Waals surface area contributed by atoms with Gasteiger partial charge in [0, 0.05) is 24.7 Å². The first-order chi connectivity index (χ1) is 10.0. The fourth-order valence-corrected chi connectivity index (χ4v) is 2.36. The Kier molecular flexibility index (Phi) is 5.06. The van der Waals surface area contributed by atoms with Gasteiger partial charge in [0.25, 0.3) is 5.91 Å². The normalized spacial score (nSPS) is 10.2. The third kappa shape index (κ3) is 3.66. The molecule has 0 aliphatic heterocycles. The van der Waals surface area contributed by atoms with Gasteiger partial charge in [0.2, 0.25) is 0 Å². The molecule has 0 spiro atoms. The number of carbonyl (C=O) groups is 1. The van der Waals surface area contributed by atoms with Gasteiger partial charge in [0.1, 0.15) is 11.5 Å². The van der Waals surface area contributed by atoms with Gasteiger partial charge < -0.3 is 14.7 Å². The number of rotatable bonds is 4. The molecule has 110 valence electrons. The van der Waals surface area contributed by atoms with Crippen molar-refractivity contribution in [2.75, 3.05) is 14.2 Å². The van der Waals surface area contributed by atoms with E-state index in [9.17, 15) is 9.90 Å². The average molecular weight is 397 g/mol. The lowest BCUT2D eigenvalue weighted by atomic mass is 10.1. The quantitative estimate of drug-likeness (QED) is 0.806. The summed E-state index contributed by atoms with van der Waals surface area (Å²) >= 11 is 2.02. The number of benzene rings is 2. The van der Waals surface area contributed by atoms with E-state index in [0.29, 0.717) is 12.1 Å². The van der Waals surface area contributed by atoms with Gasteiger partial charge in [0.15, 0.2) is 0 Å². The summed E-state index contributed by atoms with van der Waals surface area (Å²) in [5.74, 6) is 0.724. The third-order valence-corrected chi connectivity index (χ3v) is 4.05. The minimum atomic E-state index is -0.146. The molecule has 1 N–H and O–H groups in total. The van der Waals surface area contributed by atoms with Gasteiger partial charge in [-0.1, -0.05) is 18.2 Å². The molecule has 21 heavy (non-hydrogen) atoms. The molecule has 0 fully saturated rings. The fourth-order valence-electron chi connectivity index (χ4n) is 2.03. The lowest BCUT2D eigenvalue weighted by Gasteiger charge is -2.19. The second-order valence-corrected chi connectivity index (χ2v) is 5.80. The smallest absolute Gasteiger partial charge is 0.254 e. The number of amides is 1. The average Bonchev–Trinajstić information content (AvgIpc) is 2.49. The maximum Gasteiger partial charge on any atom is 0.254 e. The van der Waals surface area contributed by atoms with Gasteiger partial charge in [0.05, 0.1) is 10.7 Å². The Morgan fingerprint density at radius 1 is 1.29 bits per heavy atom. The lowest BCUT2D eigenvalue weighted by Crippen LogP contribution is -2.26. The van der Waals surface area contributed by atoms with Crippen LogP contribution >= 0.6 is 22.6 Å². The Hall–Kier alpha value is -1.76. The molecule has 0 aliphatic rings. The van der Waals surface area contributed by atoms with E-state index in [1.54, 1.807) is 31.2 Å². The highest BCUT2D eigenvalue weighted by molar-refractivity contribution is 14.1. The highest BCUT2D eigenvalue weighted by Gasteiger charge is 2.15. The minimum absolute atomic E-state index is 0.118. The zero-order valence-corrected chi connectivity index (χ0v) is 14.0. The lowest BCUT2D eigenvalue weighted by molar-refractivity contribution is 0.0784. The number of nitrogens with zero attached hydrogens (tertiary/aromatic N) is 1. The first-order valence-corrected chi connectivity index (χ1v) is 7.46. The molecule has 4 nitrogen and oxygen atoms in total. The summed E-state index contributed by atoms with van der Waals surface area (Å²) in [5, 5.41) is 9.70. The molecular formula is C16H16INO3. The molecule has 0 bridgehead atoms. The summed E-state index contributed by atoms with van der Waals surface area (Å²) < 4.78 is 6.01. The number of phenolic OH excluding ortho intramolecular Hbond substituents is 1. The first-order valence-electron chi connectivity index (χ1n) is 6.39. The summed E-state index contributed by atoms with van der Waals surface area (Å²) in [7, 11) is 3.33. The second-order valence-electron chi connectivity index (χ2n) is 4.64. The van der Waals surface area contributed by atoms with Crippen LogP contribution in [0, 0.1) is 3.57 Å². The summed E-state index contributed by atoms with van der Waals surface area (Å²) in [6, 6.07) is 12.5. The van der Waals surface area contributed by atoms with Crippen LogP contribution in [0.1, 0.15) is 15.9 Å². The van der Waals surface area contributed by atoms with Crippen LogP contribution in [0.3, 0.4) is 0 Å². The SMILES string of the molecule is COc1ccccc1CN(C)C(=O)c1ccc(I)c(O)c1. The van der Waals surface area contributed by atoms with Crippen molar-refractivity contribution in [3.05, 3.63) is 57.2 Å². The first kappa shape index (κ1) is 15.6. The predicted octanol–water partition coefficient (Wildman–Crippen LogP) is 3.28. The topological polar surface area (TPSA) is 49.8 Å². The molecule has 5 heteroatoms. The number of phenols is 1. The standard InChI is InChI=1S/C16H16INO3/c1-18(10-12-5-3-4-6-15(12)21-2)16(20)11-7-8-13(17)14(19)9-11/h3-9,19H,10H2,1-2H3. The minimum Gasteiger partial charge on any atom is -0.507 e. The van der Waals surface area contributed by atoms with Crippen molar-refractivity contribution in [1.29, 1.82) is 0 Å². The number of hydrogen-bond acceptors (Lipinski definition) is 3. The molecule has 0 saturated carbocycles. The highest BCUT2D eigenvalue weighted by atomic mass is 127. The zero-order valence-electron chi connectivity index (χ0n) is 11.8. The van der Waals surface area contributed by atoms with E-state index in [1.165, 1.54) is 6.07 Å². The van der Waals surface area contributed by atoms with Gasteiger partial charge in [-0.15, -0.1) is 0 Å². The number of hydrogen-bond donors (Lipinski definition) is 1. The van der Waals surface area contributed by atoms with Crippen LogP contribution in [0.15, 0.2) is 42.5 Å². The molecule has 0 saturated heterocycles. The Morgan fingerprint density at radius 2 is 2.00 bits per heavy atom. The summed E-state index contributed by atoms with van der Waals surface area (Å²) in [4.78, 5) is 14.0. The van der Waals surface area contributed by atoms with E-state index >= 15 is 0 Å². The summed E-state index contributed by atoms with van der Waals surface area (Å²) in [5.41, 5.74) is 1.40. The summed E-state index contributed by atoms with van der Waals surface area (Å²) in [6.07, 6.45) is 0. The van der Waals surface area contributed by atoms with Crippen LogP contribution in [0.25, 0.3) is 0 Å². The maximum absolute atomic E-state index is 12.4. The molecule has 2 rings (SSSR count). The molecule has 0 radical (unpaired) electrons. The van der Waals surface area contributed by atoms with Crippen LogP contribution < -0.4 is 4.74 Å². The van der Waals surface area contributed by atoms with E-state index in [-0.39, 0.29) is 11.7 Å². The van der Waals surface area contributed by atoms with Crippen LogP contribution in [-0.2, 0) is 6.54 Å². The Labute approximate surface area is 137 Å². The van der Waals surface area contributed by atoms with E-state index in [0.717, 1.165) is 14.9 Å². The number of carbonyl (C=O) groups excluding carboxylic acids is 1. The van der Waals surface area contributed by atoms with Crippen molar-refractivity contribution in [3.8, 4) is 11.5 Å². The number of halogens is 1. The van der Waals surface area contributed by atoms with E-state index in [1.807, 2.05) is 46.9 Å². The van der Waals surface area contributed by atoms with E-state index in [2.05, 4.69) is 0 Å². The van der Waals surface area contributed by atoms with Gasteiger partial charge in [-0.25, -0.2) is 0 Å². The van der Waals surface area contributed by atoms with Gasteiger partial charge in [-0.05, 0) is 46.9 Å². The number of methoxy groups -OCH3 is 1. The van der Waals surface area contributed by atoms with Crippen LogP contribution in [-0.4, -0.2) is 30.1 Å². The van der Waals surface area contributed by atoms with E-state index < -0.39 is 0 Å². The summed E-state index contributed by atoms with van der Waals surface area (Å²) in [6.45, 7) is 0.440. The van der Waals surface area contributed by atoms with Crippen molar-refractivity contribution < 1.29 is 14.6 Å². The Balaban J connectivity index is 2.17. The molecule has 0 unspecified atom stereocenters. The van der Waals surface area contributed by atoms with Crippen molar-refractivity contribution >= 4 is 28.5 Å². The molecule has 2 aromatic rings. The van der Waals surface area contributed by atoms with Crippen LogP contribution in [0.4, 0.5) is 0 Å². The highest BCUT2D eigenvalue weighted by Crippen LogP contribution is 2.23. The number of para-hydroxylation sites is 1.